The smallest absolute Gasteiger partial charge is 0.179 e. The van der Waals surface area contributed by atoms with E-state index in [9.17, 15) is 8.42 Å². The molecule has 1 heterocycles. The Morgan fingerprint density at radius 3 is 2.59 bits per heavy atom. The standard InChI is InChI=1S/C20H23N3O3S/c1-3-4-10-21-17-13-15(20-22-11-12-23-20)14-18(27(2,24)25)19(17)26-16-8-6-5-7-9-16/h5-9,11-14,21H,3-4,10H2,1-2H3,(H,22,23). The molecule has 6 nitrogen and oxygen atoms in total. The number of nitrogens with one attached hydrogen (secondary N) is 2. The van der Waals surface area contributed by atoms with Gasteiger partial charge in [-0.2, -0.15) is 0 Å². The Labute approximate surface area is 159 Å². The number of rotatable bonds is 8. The van der Waals surface area contributed by atoms with Gasteiger partial charge in [-0.25, -0.2) is 13.4 Å². The second-order valence-electron chi connectivity index (χ2n) is 6.26. The molecule has 142 valence electrons. The van der Waals surface area contributed by atoms with Crippen LogP contribution < -0.4 is 10.1 Å². The van der Waals surface area contributed by atoms with Crippen LogP contribution in [-0.4, -0.2) is 31.2 Å². The van der Waals surface area contributed by atoms with Gasteiger partial charge < -0.3 is 15.0 Å². The number of aromatic nitrogens is 2. The van der Waals surface area contributed by atoms with Crippen LogP contribution in [0.15, 0.2) is 59.8 Å². The fourth-order valence-corrected chi connectivity index (χ4v) is 3.51. The molecular weight excluding hydrogens is 362 g/mol. The molecule has 2 N–H and O–H groups in total. The van der Waals surface area contributed by atoms with Gasteiger partial charge in [-0.15, -0.1) is 0 Å². The normalized spacial score (nSPS) is 11.3. The largest absolute Gasteiger partial charge is 0.454 e. The number of imidazole rings is 1. The quantitative estimate of drug-likeness (QED) is 0.558. The first kappa shape index (κ1) is 19.0. The van der Waals surface area contributed by atoms with Crippen LogP contribution in [0.3, 0.4) is 0 Å². The zero-order chi connectivity index (χ0) is 19.3. The van der Waals surface area contributed by atoms with E-state index in [0.29, 0.717) is 35.1 Å². The number of hydrogen-bond acceptors (Lipinski definition) is 5. The van der Waals surface area contributed by atoms with Crippen LogP contribution in [0.25, 0.3) is 11.4 Å². The average molecular weight is 385 g/mol. The number of anilines is 1. The summed E-state index contributed by atoms with van der Waals surface area (Å²) >= 11 is 0. The summed E-state index contributed by atoms with van der Waals surface area (Å²) in [5.74, 6) is 1.48. The molecule has 0 atom stereocenters. The fraction of sp³-hybridized carbons (Fsp3) is 0.250. The number of unbranched alkanes of at least 4 members (excludes halogenated alkanes) is 1. The van der Waals surface area contributed by atoms with Gasteiger partial charge in [-0.1, -0.05) is 31.5 Å². The lowest BCUT2D eigenvalue weighted by Crippen LogP contribution is -2.07. The van der Waals surface area contributed by atoms with Gasteiger partial charge in [0.05, 0.1) is 5.69 Å². The first-order valence-electron chi connectivity index (χ1n) is 8.83. The number of para-hydroxylation sites is 1. The van der Waals surface area contributed by atoms with Gasteiger partial charge in [0.2, 0.25) is 0 Å². The summed E-state index contributed by atoms with van der Waals surface area (Å²) in [6.07, 6.45) is 6.51. The number of nitrogens with zero attached hydrogens (tertiary/aromatic N) is 1. The maximum atomic E-state index is 12.5. The zero-order valence-electron chi connectivity index (χ0n) is 15.4. The molecule has 0 bridgehead atoms. The molecule has 0 saturated heterocycles. The molecule has 0 aliphatic rings. The Kier molecular flexibility index (Phi) is 5.81. The van der Waals surface area contributed by atoms with E-state index >= 15 is 0 Å². The summed E-state index contributed by atoms with van der Waals surface area (Å²) in [7, 11) is -3.53. The van der Waals surface area contributed by atoms with Gasteiger partial charge in [0.1, 0.15) is 16.5 Å². The first-order chi connectivity index (χ1) is 13.0. The maximum Gasteiger partial charge on any atom is 0.179 e. The van der Waals surface area contributed by atoms with Crippen molar-refractivity contribution in [2.24, 2.45) is 0 Å². The lowest BCUT2D eigenvalue weighted by Gasteiger charge is -2.17. The summed E-state index contributed by atoms with van der Waals surface area (Å²) in [6, 6.07) is 12.6. The molecule has 0 radical (unpaired) electrons. The Morgan fingerprint density at radius 1 is 1.19 bits per heavy atom. The van der Waals surface area contributed by atoms with E-state index in [1.54, 1.807) is 30.6 Å². The summed E-state index contributed by atoms with van der Waals surface area (Å²) < 4.78 is 31.0. The Bertz CT molecular complexity index is 985. The zero-order valence-corrected chi connectivity index (χ0v) is 16.2. The van der Waals surface area contributed by atoms with Crippen LogP contribution in [0.5, 0.6) is 11.5 Å². The summed E-state index contributed by atoms with van der Waals surface area (Å²) in [5, 5.41) is 3.32. The minimum atomic E-state index is -3.53. The fourth-order valence-electron chi connectivity index (χ4n) is 2.68. The van der Waals surface area contributed by atoms with Gasteiger partial charge in [0, 0.05) is 30.8 Å². The molecule has 0 unspecified atom stereocenters. The number of sulfone groups is 1. The third-order valence-electron chi connectivity index (χ3n) is 4.03. The van der Waals surface area contributed by atoms with E-state index in [0.717, 1.165) is 12.8 Å². The van der Waals surface area contributed by atoms with Crippen LogP contribution in [0.2, 0.25) is 0 Å². The van der Waals surface area contributed by atoms with Crippen molar-refractivity contribution in [3.63, 3.8) is 0 Å². The third-order valence-corrected chi connectivity index (χ3v) is 5.14. The minimum Gasteiger partial charge on any atom is -0.454 e. The number of benzene rings is 2. The lowest BCUT2D eigenvalue weighted by molar-refractivity contribution is 0.469. The van der Waals surface area contributed by atoms with Crippen molar-refractivity contribution >= 4 is 15.5 Å². The van der Waals surface area contributed by atoms with E-state index in [4.69, 9.17) is 4.74 Å². The molecule has 1 aromatic heterocycles. The number of aromatic amines is 1. The van der Waals surface area contributed by atoms with E-state index in [2.05, 4.69) is 22.2 Å². The third kappa shape index (κ3) is 4.68. The Hall–Kier alpha value is -2.80. The van der Waals surface area contributed by atoms with Gasteiger partial charge in [-0.3, -0.25) is 0 Å². The van der Waals surface area contributed by atoms with E-state index in [1.807, 2.05) is 24.3 Å². The Balaban J connectivity index is 2.14. The number of ether oxygens (including phenoxy) is 1. The van der Waals surface area contributed by atoms with Crippen LogP contribution >= 0.6 is 0 Å². The molecule has 7 heteroatoms. The highest BCUT2D eigenvalue weighted by Crippen LogP contribution is 2.39. The first-order valence-corrected chi connectivity index (χ1v) is 10.7. The highest BCUT2D eigenvalue weighted by atomic mass is 32.2. The van der Waals surface area contributed by atoms with Crippen molar-refractivity contribution in [3.05, 3.63) is 54.9 Å². The topological polar surface area (TPSA) is 84.1 Å². The predicted octanol–water partition coefficient (Wildman–Crippen LogP) is 4.48. The summed E-state index contributed by atoms with van der Waals surface area (Å²) in [5.41, 5.74) is 1.31. The Morgan fingerprint density at radius 2 is 1.96 bits per heavy atom. The molecule has 0 aliphatic carbocycles. The number of H-pyrrole nitrogens is 1. The maximum absolute atomic E-state index is 12.5. The lowest BCUT2D eigenvalue weighted by atomic mass is 10.1. The van der Waals surface area contributed by atoms with Crippen molar-refractivity contribution in [1.82, 2.24) is 9.97 Å². The van der Waals surface area contributed by atoms with Crippen LogP contribution in [0.4, 0.5) is 5.69 Å². The molecular formula is C20H23N3O3S. The highest BCUT2D eigenvalue weighted by molar-refractivity contribution is 7.90. The molecule has 0 amide bonds. The second-order valence-corrected chi connectivity index (χ2v) is 8.24. The highest BCUT2D eigenvalue weighted by Gasteiger charge is 2.22. The molecule has 0 aliphatic heterocycles. The van der Waals surface area contributed by atoms with Gasteiger partial charge in [0.15, 0.2) is 15.6 Å². The minimum absolute atomic E-state index is 0.124. The molecule has 0 spiro atoms. The monoisotopic (exact) mass is 385 g/mol. The van der Waals surface area contributed by atoms with Gasteiger partial charge in [0.25, 0.3) is 0 Å². The summed E-state index contributed by atoms with van der Waals surface area (Å²) in [6.45, 7) is 2.82. The van der Waals surface area contributed by atoms with Crippen molar-refractivity contribution in [2.75, 3.05) is 18.1 Å². The van der Waals surface area contributed by atoms with E-state index < -0.39 is 9.84 Å². The molecule has 3 rings (SSSR count). The van der Waals surface area contributed by atoms with Crippen molar-refractivity contribution < 1.29 is 13.2 Å². The van der Waals surface area contributed by atoms with Gasteiger partial charge >= 0.3 is 0 Å². The van der Waals surface area contributed by atoms with Crippen LogP contribution in [0, 0.1) is 0 Å². The average Bonchev–Trinajstić information content (AvgIpc) is 3.17. The SMILES string of the molecule is CCCCNc1cc(-c2ncc[nH]2)cc(S(C)(=O)=O)c1Oc1ccccc1. The number of hydrogen-bond donors (Lipinski definition) is 2. The molecule has 3 aromatic rings. The molecule has 27 heavy (non-hydrogen) atoms. The molecule has 0 fully saturated rings. The predicted molar refractivity (Wildman–Crippen MR) is 107 cm³/mol. The second kappa shape index (κ2) is 8.26. The van der Waals surface area contributed by atoms with Crippen molar-refractivity contribution in [1.29, 1.82) is 0 Å². The van der Waals surface area contributed by atoms with Crippen LogP contribution in [0.1, 0.15) is 19.8 Å². The van der Waals surface area contributed by atoms with Gasteiger partial charge in [-0.05, 0) is 30.7 Å². The van der Waals surface area contributed by atoms with Crippen LogP contribution in [-0.2, 0) is 9.84 Å². The van der Waals surface area contributed by atoms with E-state index in [1.165, 1.54) is 6.26 Å². The molecule has 2 aromatic carbocycles. The molecule has 0 saturated carbocycles. The van der Waals surface area contributed by atoms with Crippen molar-refractivity contribution in [2.45, 2.75) is 24.7 Å². The summed E-state index contributed by atoms with van der Waals surface area (Å²) in [4.78, 5) is 7.39. The van der Waals surface area contributed by atoms with Crippen molar-refractivity contribution in [3.8, 4) is 22.9 Å². The van der Waals surface area contributed by atoms with E-state index in [-0.39, 0.29) is 4.90 Å².